The van der Waals surface area contributed by atoms with Gasteiger partial charge in [-0.1, -0.05) is 38.5 Å². The predicted molar refractivity (Wildman–Crippen MR) is 78.8 cm³/mol. The maximum absolute atomic E-state index is 4.49. The molecule has 1 N–H and O–H groups in total. The van der Waals surface area contributed by atoms with Gasteiger partial charge in [-0.15, -0.1) is 0 Å². The van der Waals surface area contributed by atoms with Crippen molar-refractivity contribution >= 4 is 0 Å². The zero-order valence-electron chi connectivity index (χ0n) is 12.2. The second-order valence-electron chi connectivity index (χ2n) is 5.14. The summed E-state index contributed by atoms with van der Waals surface area (Å²) in [5.41, 5.74) is 3.87. The monoisotopic (exact) mass is 246 g/mol. The minimum absolute atomic E-state index is 0.571. The third kappa shape index (κ3) is 5.97. The molecular weight excluding hydrogens is 220 g/mol. The highest BCUT2D eigenvalue weighted by Gasteiger charge is 1.97. The fraction of sp³-hybridized carbons (Fsp3) is 0.562. The maximum atomic E-state index is 4.49. The van der Waals surface area contributed by atoms with Crippen LogP contribution in [-0.2, 0) is 12.8 Å². The largest absolute Gasteiger partial charge is 0.314 e. The Labute approximate surface area is 112 Å². The summed E-state index contributed by atoms with van der Waals surface area (Å²) >= 11 is 0. The van der Waals surface area contributed by atoms with Gasteiger partial charge in [0.1, 0.15) is 0 Å². The lowest BCUT2D eigenvalue weighted by atomic mass is 10.1. The van der Waals surface area contributed by atoms with Gasteiger partial charge in [0.15, 0.2) is 0 Å². The molecule has 0 aliphatic carbocycles. The van der Waals surface area contributed by atoms with Crippen molar-refractivity contribution in [3.8, 4) is 0 Å². The fourth-order valence-electron chi connectivity index (χ4n) is 1.82. The molecular formula is C16H26N2. The number of rotatable bonds is 7. The Hall–Kier alpha value is -1.15. The standard InChI is InChI=1S/C16H26N2/c1-5-15-8-9-16(18-12-15)11-14(4)7-6-10-17-13(2)3/h7-9,12-13,17H,5-6,10-11H2,1-4H3. The molecule has 0 saturated carbocycles. The van der Waals surface area contributed by atoms with Gasteiger partial charge in [0.2, 0.25) is 0 Å². The van der Waals surface area contributed by atoms with Crippen LogP contribution in [0.1, 0.15) is 45.4 Å². The van der Waals surface area contributed by atoms with Crippen LogP contribution in [0.4, 0.5) is 0 Å². The van der Waals surface area contributed by atoms with Gasteiger partial charge in [-0.05, 0) is 37.9 Å². The Kier molecular flexibility index (Phi) is 6.66. The maximum Gasteiger partial charge on any atom is 0.0444 e. The molecule has 0 aliphatic rings. The number of pyridine rings is 1. The van der Waals surface area contributed by atoms with Crippen molar-refractivity contribution in [2.75, 3.05) is 6.54 Å². The van der Waals surface area contributed by atoms with Crippen molar-refractivity contribution in [3.05, 3.63) is 41.2 Å². The number of hydrogen-bond acceptors (Lipinski definition) is 2. The molecule has 1 heterocycles. The topological polar surface area (TPSA) is 24.9 Å². The second kappa shape index (κ2) is 8.04. The molecule has 0 spiro atoms. The quantitative estimate of drug-likeness (QED) is 0.588. The van der Waals surface area contributed by atoms with Crippen molar-refractivity contribution in [1.82, 2.24) is 10.3 Å². The lowest BCUT2D eigenvalue weighted by Crippen LogP contribution is -2.23. The van der Waals surface area contributed by atoms with E-state index in [-0.39, 0.29) is 0 Å². The second-order valence-corrected chi connectivity index (χ2v) is 5.14. The van der Waals surface area contributed by atoms with Crippen molar-refractivity contribution in [2.45, 2.75) is 53.0 Å². The summed E-state index contributed by atoms with van der Waals surface area (Å²) in [5.74, 6) is 0. The minimum Gasteiger partial charge on any atom is -0.314 e. The van der Waals surface area contributed by atoms with Crippen LogP contribution in [0.2, 0.25) is 0 Å². The molecule has 0 aromatic carbocycles. The van der Waals surface area contributed by atoms with Crippen LogP contribution >= 0.6 is 0 Å². The summed E-state index contributed by atoms with van der Waals surface area (Å²) in [6.45, 7) is 9.75. The highest BCUT2D eigenvalue weighted by Crippen LogP contribution is 2.07. The van der Waals surface area contributed by atoms with E-state index in [2.05, 4.69) is 56.2 Å². The molecule has 2 nitrogen and oxygen atoms in total. The van der Waals surface area contributed by atoms with E-state index in [0.717, 1.165) is 31.5 Å². The van der Waals surface area contributed by atoms with Gasteiger partial charge in [0, 0.05) is 24.4 Å². The highest BCUT2D eigenvalue weighted by molar-refractivity contribution is 5.18. The Morgan fingerprint density at radius 2 is 2.17 bits per heavy atom. The summed E-state index contributed by atoms with van der Waals surface area (Å²) in [6, 6.07) is 4.89. The van der Waals surface area contributed by atoms with E-state index >= 15 is 0 Å². The van der Waals surface area contributed by atoms with E-state index in [1.54, 1.807) is 0 Å². The third-order valence-corrected chi connectivity index (χ3v) is 2.94. The predicted octanol–water partition coefficient (Wildman–Crippen LogP) is 3.52. The van der Waals surface area contributed by atoms with E-state index in [1.165, 1.54) is 11.1 Å². The third-order valence-electron chi connectivity index (χ3n) is 2.94. The zero-order valence-corrected chi connectivity index (χ0v) is 12.2. The molecule has 2 heteroatoms. The zero-order chi connectivity index (χ0) is 13.4. The average Bonchev–Trinajstić information content (AvgIpc) is 2.35. The number of aryl methyl sites for hydroxylation is 1. The average molecular weight is 246 g/mol. The summed E-state index contributed by atoms with van der Waals surface area (Å²) in [6.07, 6.45) is 7.42. The molecule has 100 valence electrons. The van der Waals surface area contributed by atoms with Crippen LogP contribution in [0.15, 0.2) is 30.0 Å². The molecule has 1 aromatic heterocycles. The minimum atomic E-state index is 0.571. The van der Waals surface area contributed by atoms with Crippen molar-refractivity contribution in [3.63, 3.8) is 0 Å². The van der Waals surface area contributed by atoms with Gasteiger partial charge < -0.3 is 5.32 Å². The van der Waals surface area contributed by atoms with E-state index in [4.69, 9.17) is 0 Å². The first-order valence-corrected chi connectivity index (χ1v) is 6.94. The van der Waals surface area contributed by atoms with Crippen LogP contribution in [0.3, 0.4) is 0 Å². The van der Waals surface area contributed by atoms with Gasteiger partial charge in [0.05, 0.1) is 0 Å². The first-order chi connectivity index (χ1) is 8.61. The molecule has 0 unspecified atom stereocenters. The van der Waals surface area contributed by atoms with E-state index in [1.807, 2.05) is 6.20 Å². The number of aromatic nitrogens is 1. The first-order valence-electron chi connectivity index (χ1n) is 6.94. The highest BCUT2D eigenvalue weighted by atomic mass is 14.9. The number of nitrogens with zero attached hydrogens (tertiary/aromatic N) is 1. The van der Waals surface area contributed by atoms with E-state index in [9.17, 15) is 0 Å². The number of nitrogens with one attached hydrogen (secondary N) is 1. The Bertz CT molecular complexity index is 363. The molecule has 0 aliphatic heterocycles. The Balaban J connectivity index is 2.38. The summed E-state index contributed by atoms with van der Waals surface area (Å²) in [5, 5.41) is 3.42. The smallest absolute Gasteiger partial charge is 0.0444 e. The van der Waals surface area contributed by atoms with E-state index < -0.39 is 0 Å². The van der Waals surface area contributed by atoms with Gasteiger partial charge >= 0.3 is 0 Å². The molecule has 0 atom stereocenters. The molecule has 0 saturated heterocycles. The SMILES string of the molecule is CCc1ccc(CC(C)=CCCNC(C)C)nc1. The molecule has 0 radical (unpaired) electrons. The molecule has 18 heavy (non-hydrogen) atoms. The fourth-order valence-corrected chi connectivity index (χ4v) is 1.82. The van der Waals surface area contributed by atoms with Gasteiger partial charge in [-0.25, -0.2) is 0 Å². The van der Waals surface area contributed by atoms with Crippen LogP contribution in [0, 0.1) is 0 Å². The Morgan fingerprint density at radius 1 is 1.39 bits per heavy atom. The van der Waals surface area contributed by atoms with Crippen molar-refractivity contribution < 1.29 is 0 Å². The lowest BCUT2D eigenvalue weighted by Gasteiger charge is -2.06. The first kappa shape index (κ1) is 14.9. The summed E-state index contributed by atoms with van der Waals surface area (Å²) in [4.78, 5) is 4.49. The van der Waals surface area contributed by atoms with Gasteiger partial charge in [-0.3, -0.25) is 4.98 Å². The van der Waals surface area contributed by atoms with Crippen LogP contribution < -0.4 is 5.32 Å². The number of allylic oxidation sites excluding steroid dienone is 1. The molecule has 1 aromatic rings. The Morgan fingerprint density at radius 3 is 2.72 bits per heavy atom. The van der Waals surface area contributed by atoms with Crippen LogP contribution in [-0.4, -0.2) is 17.6 Å². The van der Waals surface area contributed by atoms with Crippen molar-refractivity contribution in [2.24, 2.45) is 0 Å². The molecule has 0 fully saturated rings. The molecule has 1 rings (SSSR count). The van der Waals surface area contributed by atoms with Crippen LogP contribution in [0.25, 0.3) is 0 Å². The van der Waals surface area contributed by atoms with E-state index in [0.29, 0.717) is 6.04 Å². The number of hydrogen-bond donors (Lipinski definition) is 1. The van der Waals surface area contributed by atoms with Crippen molar-refractivity contribution in [1.29, 1.82) is 0 Å². The van der Waals surface area contributed by atoms with Crippen LogP contribution in [0.5, 0.6) is 0 Å². The summed E-state index contributed by atoms with van der Waals surface area (Å²) < 4.78 is 0. The van der Waals surface area contributed by atoms with Gasteiger partial charge in [0.25, 0.3) is 0 Å². The van der Waals surface area contributed by atoms with Gasteiger partial charge in [-0.2, -0.15) is 0 Å². The lowest BCUT2D eigenvalue weighted by molar-refractivity contribution is 0.594. The summed E-state index contributed by atoms with van der Waals surface area (Å²) in [7, 11) is 0. The normalized spacial score (nSPS) is 12.2. The molecule has 0 amide bonds. The molecule has 0 bridgehead atoms.